The van der Waals surface area contributed by atoms with E-state index in [1.165, 1.54) is 25.0 Å². The first-order valence-electron chi connectivity index (χ1n) is 6.61. The van der Waals surface area contributed by atoms with E-state index >= 15 is 0 Å². The van der Waals surface area contributed by atoms with E-state index in [0.717, 1.165) is 18.8 Å². The van der Waals surface area contributed by atoms with Crippen molar-refractivity contribution in [1.82, 2.24) is 4.72 Å². The zero-order valence-electron chi connectivity index (χ0n) is 11.0. The van der Waals surface area contributed by atoms with Crippen LogP contribution in [0.2, 0.25) is 10.0 Å². The number of hydrogen-bond donors (Lipinski definition) is 2. The third kappa shape index (κ3) is 4.09. The monoisotopic (exact) mass is 336 g/mol. The van der Waals surface area contributed by atoms with E-state index in [-0.39, 0.29) is 16.5 Å². The molecule has 0 radical (unpaired) electrons. The standard InChI is InChI=1S/C13H18Cl2N2O2S/c14-11-7-12(15)13(6-10(11)8-16)20(18,19)17-5-1-2-9-3-4-9/h6-7,9,17H,1-5,8,16H2. The molecular formula is C13H18Cl2N2O2S. The van der Waals surface area contributed by atoms with Gasteiger partial charge in [-0.05, 0) is 36.5 Å². The van der Waals surface area contributed by atoms with E-state index < -0.39 is 10.0 Å². The summed E-state index contributed by atoms with van der Waals surface area (Å²) in [5, 5.41) is 0.493. The minimum absolute atomic E-state index is 0.0374. The summed E-state index contributed by atoms with van der Waals surface area (Å²) in [7, 11) is -3.61. The van der Waals surface area contributed by atoms with Crippen LogP contribution in [-0.4, -0.2) is 15.0 Å². The molecule has 0 aromatic heterocycles. The molecule has 112 valence electrons. The van der Waals surface area contributed by atoms with Crippen LogP contribution in [0.4, 0.5) is 0 Å². The van der Waals surface area contributed by atoms with Crippen molar-refractivity contribution in [1.29, 1.82) is 0 Å². The Labute approximate surface area is 129 Å². The molecule has 3 N–H and O–H groups in total. The van der Waals surface area contributed by atoms with Crippen LogP contribution in [0.25, 0.3) is 0 Å². The second-order valence-electron chi connectivity index (χ2n) is 5.06. The minimum Gasteiger partial charge on any atom is -0.326 e. The number of benzene rings is 1. The van der Waals surface area contributed by atoms with Crippen molar-refractivity contribution in [3.8, 4) is 0 Å². The maximum absolute atomic E-state index is 12.2. The fourth-order valence-corrected chi connectivity index (χ4v) is 3.96. The second kappa shape index (κ2) is 6.62. The van der Waals surface area contributed by atoms with E-state index in [1.54, 1.807) is 0 Å². The number of nitrogens with two attached hydrogens (primary N) is 1. The van der Waals surface area contributed by atoms with E-state index in [9.17, 15) is 8.42 Å². The van der Waals surface area contributed by atoms with Gasteiger partial charge in [0, 0.05) is 18.1 Å². The van der Waals surface area contributed by atoms with Crippen LogP contribution < -0.4 is 10.5 Å². The molecule has 1 saturated carbocycles. The summed E-state index contributed by atoms with van der Waals surface area (Å²) >= 11 is 11.9. The van der Waals surface area contributed by atoms with Gasteiger partial charge in [-0.15, -0.1) is 0 Å². The predicted octanol–water partition coefficient (Wildman–Crippen LogP) is 2.92. The summed E-state index contributed by atoms with van der Waals surface area (Å²) in [6.45, 7) is 0.593. The Morgan fingerprint density at radius 1 is 1.25 bits per heavy atom. The summed E-state index contributed by atoms with van der Waals surface area (Å²) in [5.41, 5.74) is 6.10. The molecule has 0 spiro atoms. The zero-order chi connectivity index (χ0) is 14.8. The van der Waals surface area contributed by atoms with Crippen LogP contribution in [0.1, 0.15) is 31.2 Å². The first kappa shape index (κ1) is 16.0. The molecule has 1 fully saturated rings. The number of nitrogens with one attached hydrogen (secondary N) is 1. The van der Waals surface area contributed by atoms with Gasteiger partial charge in [-0.2, -0.15) is 0 Å². The highest BCUT2D eigenvalue weighted by molar-refractivity contribution is 7.89. The van der Waals surface area contributed by atoms with Gasteiger partial charge in [0.25, 0.3) is 0 Å². The number of sulfonamides is 1. The van der Waals surface area contributed by atoms with Crippen molar-refractivity contribution in [2.75, 3.05) is 6.54 Å². The maximum atomic E-state index is 12.2. The average Bonchev–Trinajstić information content (AvgIpc) is 3.18. The smallest absolute Gasteiger partial charge is 0.242 e. The van der Waals surface area contributed by atoms with Crippen molar-refractivity contribution in [3.05, 3.63) is 27.7 Å². The zero-order valence-corrected chi connectivity index (χ0v) is 13.4. The Balaban J connectivity index is 2.07. The molecular weight excluding hydrogens is 319 g/mol. The van der Waals surface area contributed by atoms with E-state index in [0.29, 0.717) is 17.1 Å². The molecule has 0 bridgehead atoms. The molecule has 0 atom stereocenters. The average molecular weight is 337 g/mol. The lowest BCUT2D eigenvalue weighted by atomic mass is 10.2. The van der Waals surface area contributed by atoms with Gasteiger partial charge in [-0.3, -0.25) is 0 Å². The van der Waals surface area contributed by atoms with Gasteiger partial charge in [0.05, 0.1) is 5.02 Å². The molecule has 7 heteroatoms. The summed E-state index contributed by atoms with van der Waals surface area (Å²) in [6, 6.07) is 2.86. The highest BCUT2D eigenvalue weighted by atomic mass is 35.5. The third-order valence-electron chi connectivity index (χ3n) is 3.39. The first-order valence-corrected chi connectivity index (χ1v) is 8.85. The largest absolute Gasteiger partial charge is 0.326 e. The lowest BCUT2D eigenvalue weighted by Gasteiger charge is -2.11. The lowest BCUT2D eigenvalue weighted by molar-refractivity contribution is 0.572. The van der Waals surface area contributed by atoms with Crippen molar-refractivity contribution in [2.45, 2.75) is 37.1 Å². The molecule has 1 aliphatic carbocycles. The molecule has 1 aromatic carbocycles. The summed E-state index contributed by atoms with van der Waals surface area (Å²) in [5.74, 6) is 0.794. The molecule has 0 unspecified atom stereocenters. The van der Waals surface area contributed by atoms with Gasteiger partial charge in [0.15, 0.2) is 0 Å². The number of halogens is 2. The van der Waals surface area contributed by atoms with E-state index in [1.807, 2.05) is 0 Å². The first-order chi connectivity index (χ1) is 9.44. The molecule has 0 saturated heterocycles. The Hall–Kier alpha value is -0.330. The normalized spacial score (nSPS) is 15.6. The van der Waals surface area contributed by atoms with Crippen LogP contribution in [-0.2, 0) is 16.6 Å². The molecule has 1 aliphatic rings. The Morgan fingerprint density at radius 2 is 1.95 bits per heavy atom. The SMILES string of the molecule is NCc1cc(S(=O)(=O)NCCCC2CC2)c(Cl)cc1Cl. The molecule has 1 aromatic rings. The minimum atomic E-state index is -3.61. The predicted molar refractivity (Wildman–Crippen MR) is 81.5 cm³/mol. The quantitative estimate of drug-likeness (QED) is 0.752. The number of hydrogen-bond acceptors (Lipinski definition) is 3. The molecule has 0 aliphatic heterocycles. The number of rotatable bonds is 7. The van der Waals surface area contributed by atoms with Gasteiger partial charge in [0.1, 0.15) is 4.90 Å². The van der Waals surface area contributed by atoms with E-state index in [4.69, 9.17) is 28.9 Å². The van der Waals surface area contributed by atoms with Crippen LogP contribution in [0.15, 0.2) is 17.0 Å². The second-order valence-corrected chi connectivity index (χ2v) is 7.61. The molecule has 0 amide bonds. The summed E-state index contributed by atoms with van der Waals surface area (Å²) in [6.07, 6.45) is 4.47. The molecule has 4 nitrogen and oxygen atoms in total. The lowest BCUT2D eigenvalue weighted by Crippen LogP contribution is -2.25. The van der Waals surface area contributed by atoms with E-state index in [2.05, 4.69) is 4.72 Å². The summed E-state index contributed by atoms with van der Waals surface area (Å²) in [4.78, 5) is 0.0374. The highest BCUT2D eigenvalue weighted by Gasteiger charge is 2.22. The van der Waals surface area contributed by atoms with Crippen LogP contribution >= 0.6 is 23.2 Å². The fraction of sp³-hybridized carbons (Fsp3) is 0.538. The maximum Gasteiger partial charge on any atom is 0.242 e. The van der Waals surface area contributed by atoms with Crippen molar-refractivity contribution < 1.29 is 8.42 Å². The summed E-state index contributed by atoms with van der Waals surface area (Å²) < 4.78 is 27.0. The van der Waals surface area contributed by atoms with Crippen molar-refractivity contribution in [2.24, 2.45) is 11.7 Å². The van der Waals surface area contributed by atoms with Gasteiger partial charge >= 0.3 is 0 Å². The van der Waals surface area contributed by atoms with Gasteiger partial charge in [0.2, 0.25) is 10.0 Å². The van der Waals surface area contributed by atoms with Crippen LogP contribution in [0.5, 0.6) is 0 Å². The topological polar surface area (TPSA) is 72.2 Å². The Bertz CT molecular complexity index is 586. The van der Waals surface area contributed by atoms with Crippen LogP contribution in [0.3, 0.4) is 0 Å². The molecule has 2 rings (SSSR count). The third-order valence-corrected chi connectivity index (χ3v) is 5.67. The Morgan fingerprint density at radius 3 is 2.55 bits per heavy atom. The molecule has 20 heavy (non-hydrogen) atoms. The van der Waals surface area contributed by atoms with Crippen LogP contribution in [0, 0.1) is 5.92 Å². The van der Waals surface area contributed by atoms with Crippen molar-refractivity contribution in [3.63, 3.8) is 0 Å². The highest BCUT2D eigenvalue weighted by Crippen LogP contribution is 2.33. The fourth-order valence-electron chi connectivity index (χ4n) is 2.02. The van der Waals surface area contributed by atoms with Gasteiger partial charge in [-0.1, -0.05) is 36.0 Å². The van der Waals surface area contributed by atoms with Gasteiger partial charge in [-0.25, -0.2) is 13.1 Å². The van der Waals surface area contributed by atoms with Crippen molar-refractivity contribution >= 4 is 33.2 Å². The van der Waals surface area contributed by atoms with Gasteiger partial charge < -0.3 is 5.73 Å². The Kier molecular flexibility index (Phi) is 5.31. The molecule has 0 heterocycles.